The van der Waals surface area contributed by atoms with Crippen LogP contribution in [0.2, 0.25) is 5.02 Å². The molecular formula is C23H25ClF2N4O3. The molecule has 1 aromatic carbocycles. The number of anilines is 1. The maximum absolute atomic E-state index is 13.9. The van der Waals surface area contributed by atoms with Crippen LogP contribution in [0.1, 0.15) is 45.1 Å². The number of ether oxygens (including phenoxy) is 1. The lowest BCUT2D eigenvalue weighted by Crippen LogP contribution is -2.37. The molecule has 2 heterocycles. The highest BCUT2D eigenvalue weighted by Crippen LogP contribution is 2.39. The van der Waals surface area contributed by atoms with Crippen molar-refractivity contribution in [2.45, 2.75) is 52.2 Å². The zero-order valence-electron chi connectivity index (χ0n) is 18.3. The number of rotatable bonds is 7. The number of pyridine rings is 1. The third kappa shape index (κ3) is 4.88. The van der Waals surface area contributed by atoms with Gasteiger partial charge in [-0.3, -0.25) is 4.79 Å². The van der Waals surface area contributed by atoms with Crippen molar-refractivity contribution in [3.63, 3.8) is 0 Å². The van der Waals surface area contributed by atoms with Crippen molar-refractivity contribution in [2.24, 2.45) is 11.3 Å². The summed E-state index contributed by atoms with van der Waals surface area (Å²) in [6, 6.07) is 5.59. The Hall–Kier alpha value is -2.94. The molecule has 0 spiro atoms. The van der Waals surface area contributed by atoms with Crippen molar-refractivity contribution in [1.82, 2.24) is 15.0 Å². The Morgan fingerprint density at radius 2 is 1.91 bits per heavy atom. The summed E-state index contributed by atoms with van der Waals surface area (Å²) in [5.74, 6) is -1.75. The van der Waals surface area contributed by atoms with Gasteiger partial charge in [-0.15, -0.1) is 0 Å². The van der Waals surface area contributed by atoms with Crippen molar-refractivity contribution in [3.05, 3.63) is 46.5 Å². The van der Waals surface area contributed by atoms with Crippen LogP contribution < -0.4 is 10.1 Å². The molecule has 10 heteroatoms. The van der Waals surface area contributed by atoms with E-state index >= 15 is 0 Å². The lowest BCUT2D eigenvalue weighted by atomic mass is 9.70. The average molecular weight is 479 g/mol. The molecule has 0 unspecified atom stereocenters. The number of fused-ring (bicyclic) bond motifs is 1. The van der Waals surface area contributed by atoms with Gasteiger partial charge in [-0.2, -0.15) is 4.98 Å². The van der Waals surface area contributed by atoms with Crippen molar-refractivity contribution in [3.8, 4) is 6.01 Å². The number of aliphatic carboxylic acids is 1. The van der Waals surface area contributed by atoms with E-state index in [9.17, 15) is 18.7 Å². The highest BCUT2D eigenvalue weighted by atomic mass is 35.5. The van der Waals surface area contributed by atoms with Gasteiger partial charge in [0.2, 0.25) is 0 Å². The summed E-state index contributed by atoms with van der Waals surface area (Å²) in [5, 5.41) is 12.6. The largest absolute Gasteiger partial charge is 0.481 e. The van der Waals surface area contributed by atoms with E-state index < -0.39 is 23.0 Å². The molecule has 0 atom stereocenters. The van der Waals surface area contributed by atoms with Crippen molar-refractivity contribution >= 4 is 34.6 Å². The van der Waals surface area contributed by atoms with Crippen LogP contribution >= 0.6 is 11.6 Å². The molecule has 7 nitrogen and oxygen atoms in total. The van der Waals surface area contributed by atoms with Crippen LogP contribution in [0.3, 0.4) is 0 Å². The van der Waals surface area contributed by atoms with Crippen LogP contribution in [0, 0.1) is 23.0 Å². The number of carboxylic acids is 1. The lowest BCUT2D eigenvalue weighted by molar-refractivity contribution is -0.151. The van der Waals surface area contributed by atoms with Crippen LogP contribution in [0.15, 0.2) is 24.3 Å². The number of hydrogen-bond donors (Lipinski definition) is 3. The van der Waals surface area contributed by atoms with Gasteiger partial charge in [-0.05, 0) is 63.6 Å². The standard InChI is InChI=1S/C23H25ClF2N4O3/c1-23(2,21(31)32)12-6-8-13(9-7-12)33-22-28-18-10-15(24)19(29-20(18)30-22)27-11-14-16(25)4-3-5-17(14)26/h3-5,10,12-13H,6-9,11H2,1-2H3,(H,31,32)(H2,27,28,29,30). The monoisotopic (exact) mass is 478 g/mol. The van der Waals surface area contributed by atoms with Gasteiger partial charge in [0, 0.05) is 12.1 Å². The second-order valence-corrected chi connectivity index (χ2v) is 9.31. The molecule has 2 aromatic heterocycles. The molecule has 0 saturated heterocycles. The van der Waals surface area contributed by atoms with Crippen LogP contribution in [0.4, 0.5) is 14.6 Å². The number of halogens is 3. The quantitative estimate of drug-likeness (QED) is 0.411. The predicted molar refractivity (Wildman–Crippen MR) is 120 cm³/mol. The van der Waals surface area contributed by atoms with Crippen molar-refractivity contribution < 1.29 is 23.4 Å². The molecule has 1 saturated carbocycles. The topological polar surface area (TPSA) is 100 Å². The van der Waals surface area contributed by atoms with Crippen LogP contribution in [0.25, 0.3) is 11.2 Å². The summed E-state index contributed by atoms with van der Waals surface area (Å²) in [6.45, 7) is 3.41. The molecule has 1 fully saturated rings. The zero-order chi connectivity index (χ0) is 23.8. The van der Waals surface area contributed by atoms with Crippen LogP contribution in [-0.4, -0.2) is 32.1 Å². The fourth-order valence-electron chi connectivity index (χ4n) is 4.18. The molecule has 4 rings (SSSR count). The molecule has 0 bridgehead atoms. The first-order valence-corrected chi connectivity index (χ1v) is 11.2. The number of aromatic amines is 1. The Labute approximate surface area is 194 Å². The Morgan fingerprint density at radius 3 is 2.55 bits per heavy atom. The fourth-order valence-corrected chi connectivity index (χ4v) is 4.40. The highest BCUT2D eigenvalue weighted by Gasteiger charge is 2.39. The van der Waals surface area contributed by atoms with Gasteiger partial charge in [0.25, 0.3) is 6.01 Å². The summed E-state index contributed by atoms with van der Waals surface area (Å²) in [4.78, 5) is 23.3. The molecule has 1 aliphatic rings. The number of H-pyrrole nitrogens is 1. The Balaban J connectivity index is 1.42. The van der Waals surface area contributed by atoms with Gasteiger partial charge < -0.3 is 20.1 Å². The van der Waals surface area contributed by atoms with Crippen molar-refractivity contribution in [2.75, 3.05) is 5.32 Å². The number of carboxylic acid groups (broad SMARTS) is 1. The summed E-state index contributed by atoms with van der Waals surface area (Å²) in [6.07, 6.45) is 2.90. The minimum atomic E-state index is -0.783. The first-order valence-electron chi connectivity index (χ1n) is 10.8. The summed E-state index contributed by atoms with van der Waals surface area (Å²) < 4.78 is 33.7. The molecule has 0 aliphatic heterocycles. The number of imidazole rings is 1. The van der Waals surface area contributed by atoms with Gasteiger partial charge in [0.1, 0.15) is 23.6 Å². The second kappa shape index (κ2) is 9.13. The van der Waals surface area contributed by atoms with E-state index in [1.165, 1.54) is 18.2 Å². The van der Waals surface area contributed by atoms with Crippen LogP contribution in [-0.2, 0) is 11.3 Å². The van der Waals surface area contributed by atoms with E-state index in [2.05, 4.69) is 20.3 Å². The number of hydrogen-bond acceptors (Lipinski definition) is 5. The molecule has 0 radical (unpaired) electrons. The predicted octanol–water partition coefficient (Wildman–Crippen LogP) is 5.55. The lowest BCUT2D eigenvalue weighted by Gasteiger charge is -2.36. The molecule has 176 valence electrons. The number of aromatic nitrogens is 3. The molecule has 1 aliphatic carbocycles. The van der Waals surface area contributed by atoms with Gasteiger partial charge in [0.15, 0.2) is 5.65 Å². The molecule has 0 amide bonds. The first-order chi connectivity index (χ1) is 15.6. The van der Waals surface area contributed by atoms with Gasteiger partial charge >= 0.3 is 5.97 Å². The Morgan fingerprint density at radius 1 is 1.24 bits per heavy atom. The van der Waals surface area contributed by atoms with E-state index in [-0.39, 0.29) is 35.0 Å². The minimum absolute atomic E-state index is 0.0801. The zero-order valence-corrected chi connectivity index (χ0v) is 19.0. The smallest absolute Gasteiger partial charge is 0.309 e. The maximum atomic E-state index is 13.9. The first kappa shape index (κ1) is 23.2. The van der Waals surface area contributed by atoms with Gasteiger partial charge in [-0.25, -0.2) is 13.8 Å². The highest BCUT2D eigenvalue weighted by molar-refractivity contribution is 6.33. The van der Waals surface area contributed by atoms with E-state index in [4.69, 9.17) is 16.3 Å². The molecular weight excluding hydrogens is 454 g/mol. The summed E-state index contributed by atoms with van der Waals surface area (Å²) >= 11 is 6.29. The summed E-state index contributed by atoms with van der Waals surface area (Å²) in [5.41, 5.74) is 0.0492. The molecule has 3 aromatic rings. The SMILES string of the molecule is CC(C)(C(=O)O)C1CCC(Oc2nc3nc(NCc4c(F)cccc4F)c(Cl)cc3[nH]2)CC1. The maximum Gasteiger partial charge on any atom is 0.309 e. The minimum Gasteiger partial charge on any atom is -0.481 e. The average Bonchev–Trinajstić information content (AvgIpc) is 3.14. The number of carbonyl (C=O) groups is 1. The number of benzene rings is 1. The normalized spacial score (nSPS) is 18.9. The van der Waals surface area contributed by atoms with E-state index in [1.54, 1.807) is 19.9 Å². The number of nitrogens with one attached hydrogen (secondary N) is 2. The van der Waals surface area contributed by atoms with Gasteiger partial charge in [-0.1, -0.05) is 17.7 Å². The Bertz CT molecular complexity index is 1160. The van der Waals surface area contributed by atoms with E-state index in [0.717, 1.165) is 25.7 Å². The van der Waals surface area contributed by atoms with Gasteiger partial charge in [0.05, 0.1) is 16.0 Å². The third-order valence-electron chi connectivity index (χ3n) is 6.42. The van der Waals surface area contributed by atoms with Crippen molar-refractivity contribution in [1.29, 1.82) is 0 Å². The summed E-state index contributed by atoms with van der Waals surface area (Å²) in [7, 11) is 0. The fraction of sp³-hybridized carbons (Fsp3) is 0.435. The third-order valence-corrected chi connectivity index (χ3v) is 6.71. The molecule has 33 heavy (non-hydrogen) atoms. The Kier molecular flexibility index (Phi) is 6.43. The van der Waals surface area contributed by atoms with E-state index in [1.807, 2.05) is 0 Å². The van der Waals surface area contributed by atoms with Crippen LogP contribution in [0.5, 0.6) is 6.01 Å². The molecule has 3 N–H and O–H groups in total. The second-order valence-electron chi connectivity index (χ2n) is 8.90. The number of nitrogens with zero attached hydrogens (tertiary/aromatic N) is 2. The van der Waals surface area contributed by atoms with E-state index in [0.29, 0.717) is 17.2 Å².